The van der Waals surface area contributed by atoms with Gasteiger partial charge in [-0.2, -0.15) is 10.1 Å². The van der Waals surface area contributed by atoms with Gasteiger partial charge in [-0.05, 0) is 43.7 Å². The van der Waals surface area contributed by atoms with Crippen molar-refractivity contribution in [2.45, 2.75) is 33.1 Å². The van der Waals surface area contributed by atoms with Gasteiger partial charge in [-0.3, -0.25) is 4.68 Å². The lowest BCUT2D eigenvalue weighted by molar-refractivity contribution is -0.00115. The molecule has 152 valence electrons. The lowest BCUT2D eigenvalue weighted by atomic mass is 10.1. The summed E-state index contributed by atoms with van der Waals surface area (Å²) in [7, 11) is 0. The molecule has 2 aromatic heterocycles. The molecular formula is C23H22N4O3. The van der Waals surface area contributed by atoms with Crippen molar-refractivity contribution in [2.75, 3.05) is 6.61 Å². The molecule has 0 aliphatic carbocycles. The molecule has 5 rings (SSSR count). The lowest BCUT2D eigenvalue weighted by Crippen LogP contribution is -2.21. The predicted octanol–water partition coefficient (Wildman–Crippen LogP) is 4.58. The van der Waals surface area contributed by atoms with Gasteiger partial charge in [-0.25, -0.2) is 0 Å². The Morgan fingerprint density at radius 1 is 1.13 bits per heavy atom. The monoisotopic (exact) mass is 402 g/mol. The third kappa shape index (κ3) is 3.59. The largest absolute Gasteiger partial charge is 0.494 e. The number of ether oxygens (including phenoxy) is 2. The van der Waals surface area contributed by atoms with Gasteiger partial charge in [0, 0.05) is 5.56 Å². The van der Waals surface area contributed by atoms with Crippen LogP contribution in [0.5, 0.6) is 5.75 Å². The molecule has 0 N–H and O–H groups in total. The number of nitrogens with zero attached hydrogens (tertiary/aromatic N) is 4. The molecule has 0 radical (unpaired) electrons. The topological polar surface area (TPSA) is 75.2 Å². The molecule has 30 heavy (non-hydrogen) atoms. The van der Waals surface area contributed by atoms with Crippen molar-refractivity contribution < 1.29 is 14.0 Å². The molecule has 0 bridgehead atoms. The van der Waals surface area contributed by atoms with Crippen molar-refractivity contribution in [3.63, 3.8) is 0 Å². The second-order valence-electron chi connectivity index (χ2n) is 7.30. The molecule has 4 aromatic rings. The van der Waals surface area contributed by atoms with Crippen molar-refractivity contribution in [1.29, 1.82) is 0 Å². The Balaban J connectivity index is 1.35. The summed E-state index contributed by atoms with van der Waals surface area (Å²) in [4.78, 5) is 4.53. The molecule has 2 aromatic carbocycles. The van der Waals surface area contributed by atoms with Gasteiger partial charge in [-0.15, -0.1) is 0 Å². The maximum Gasteiger partial charge on any atom is 0.278 e. The van der Waals surface area contributed by atoms with Crippen molar-refractivity contribution in [3.05, 3.63) is 71.4 Å². The molecule has 7 heteroatoms. The van der Waals surface area contributed by atoms with Crippen LogP contribution in [0.25, 0.3) is 23.0 Å². The first-order chi connectivity index (χ1) is 14.7. The highest BCUT2D eigenvalue weighted by Gasteiger charge is 2.24. The summed E-state index contributed by atoms with van der Waals surface area (Å²) in [6.07, 6.45) is -0.0635. The van der Waals surface area contributed by atoms with Gasteiger partial charge in [-0.1, -0.05) is 41.1 Å². The number of fused-ring (bicyclic) bond motifs is 1. The summed E-state index contributed by atoms with van der Waals surface area (Å²) < 4.78 is 19.0. The van der Waals surface area contributed by atoms with Crippen molar-refractivity contribution >= 4 is 0 Å². The maximum atomic E-state index is 6.06. The van der Waals surface area contributed by atoms with E-state index in [0.29, 0.717) is 37.2 Å². The van der Waals surface area contributed by atoms with E-state index in [1.807, 2.05) is 73.1 Å². The fraction of sp³-hybridized carbons (Fsp3) is 0.261. The van der Waals surface area contributed by atoms with Crippen LogP contribution in [-0.2, 0) is 17.9 Å². The molecule has 3 heterocycles. The molecule has 1 atom stereocenters. The van der Waals surface area contributed by atoms with E-state index < -0.39 is 0 Å². The third-order valence-electron chi connectivity index (χ3n) is 5.12. The average molecular weight is 402 g/mol. The molecule has 0 amide bonds. The summed E-state index contributed by atoms with van der Waals surface area (Å²) in [6.45, 7) is 5.77. The van der Waals surface area contributed by atoms with E-state index in [2.05, 4.69) is 15.2 Å². The Labute approximate surface area is 174 Å². The van der Waals surface area contributed by atoms with Crippen molar-refractivity contribution in [2.24, 2.45) is 0 Å². The predicted molar refractivity (Wildman–Crippen MR) is 111 cm³/mol. The SMILES string of the molecule is CCOc1ccc([C@@H]2Cn3nc(-c4nc(-c5cccc(C)c5)no4)cc3CO2)cc1. The van der Waals surface area contributed by atoms with E-state index >= 15 is 0 Å². The minimum atomic E-state index is -0.0635. The van der Waals surface area contributed by atoms with Crippen LogP contribution >= 0.6 is 0 Å². The fourth-order valence-electron chi connectivity index (χ4n) is 3.61. The van der Waals surface area contributed by atoms with E-state index in [4.69, 9.17) is 14.0 Å². The van der Waals surface area contributed by atoms with E-state index in [9.17, 15) is 0 Å². The Kier molecular flexibility index (Phi) is 4.80. The maximum absolute atomic E-state index is 6.06. The summed E-state index contributed by atoms with van der Waals surface area (Å²) in [6, 6.07) is 18.0. The average Bonchev–Trinajstić information content (AvgIpc) is 3.41. The quantitative estimate of drug-likeness (QED) is 0.486. The highest BCUT2D eigenvalue weighted by atomic mass is 16.5. The fourth-order valence-corrected chi connectivity index (χ4v) is 3.61. The van der Waals surface area contributed by atoms with Crippen LogP contribution in [0.15, 0.2) is 59.1 Å². The van der Waals surface area contributed by atoms with E-state index in [1.165, 1.54) is 0 Å². The number of hydrogen-bond donors (Lipinski definition) is 0. The number of aryl methyl sites for hydroxylation is 1. The number of aromatic nitrogens is 4. The summed E-state index contributed by atoms with van der Waals surface area (Å²) in [5.74, 6) is 1.83. The molecule has 1 aliphatic heterocycles. The molecular weight excluding hydrogens is 380 g/mol. The van der Waals surface area contributed by atoms with Gasteiger partial charge in [0.25, 0.3) is 5.89 Å². The van der Waals surface area contributed by atoms with Crippen LogP contribution in [0.4, 0.5) is 0 Å². The van der Waals surface area contributed by atoms with E-state index in [-0.39, 0.29) is 6.10 Å². The van der Waals surface area contributed by atoms with Crippen LogP contribution in [0.2, 0.25) is 0 Å². The third-order valence-corrected chi connectivity index (χ3v) is 5.12. The minimum Gasteiger partial charge on any atom is -0.494 e. The van der Waals surface area contributed by atoms with Crippen LogP contribution in [0.3, 0.4) is 0 Å². The second-order valence-corrected chi connectivity index (χ2v) is 7.30. The van der Waals surface area contributed by atoms with E-state index in [0.717, 1.165) is 28.1 Å². The summed E-state index contributed by atoms with van der Waals surface area (Å²) in [5.41, 5.74) is 4.82. The Hall–Kier alpha value is -3.45. The molecule has 0 spiro atoms. The van der Waals surface area contributed by atoms with Crippen LogP contribution < -0.4 is 4.74 Å². The standard InChI is InChI=1S/C23H22N4O3/c1-3-28-19-9-7-16(8-10-19)21-13-27-18(14-29-21)12-20(25-27)23-24-22(26-30-23)17-6-4-5-15(2)11-17/h4-12,21H,3,13-14H2,1-2H3/t21-/m0/s1. The first-order valence-electron chi connectivity index (χ1n) is 10.0. The van der Waals surface area contributed by atoms with Crippen LogP contribution in [0.1, 0.15) is 29.8 Å². The van der Waals surface area contributed by atoms with Gasteiger partial charge in [0.05, 0.1) is 25.5 Å². The van der Waals surface area contributed by atoms with Gasteiger partial charge in [0.1, 0.15) is 11.9 Å². The van der Waals surface area contributed by atoms with Crippen molar-refractivity contribution in [1.82, 2.24) is 19.9 Å². The van der Waals surface area contributed by atoms with E-state index in [1.54, 1.807) is 0 Å². The molecule has 0 unspecified atom stereocenters. The minimum absolute atomic E-state index is 0.0635. The highest BCUT2D eigenvalue weighted by Crippen LogP contribution is 2.30. The van der Waals surface area contributed by atoms with Gasteiger partial charge >= 0.3 is 0 Å². The molecule has 0 saturated carbocycles. The molecule has 7 nitrogen and oxygen atoms in total. The molecule has 0 saturated heterocycles. The number of hydrogen-bond acceptors (Lipinski definition) is 6. The first-order valence-corrected chi connectivity index (χ1v) is 10.0. The zero-order valence-electron chi connectivity index (χ0n) is 16.9. The van der Waals surface area contributed by atoms with Crippen molar-refractivity contribution in [3.8, 4) is 28.7 Å². The second kappa shape index (κ2) is 7.76. The van der Waals surface area contributed by atoms with Gasteiger partial charge in [0.2, 0.25) is 5.82 Å². The zero-order chi connectivity index (χ0) is 20.5. The lowest BCUT2D eigenvalue weighted by Gasteiger charge is -2.24. The normalized spacial score (nSPS) is 15.7. The van der Waals surface area contributed by atoms with Crippen LogP contribution in [0, 0.1) is 6.92 Å². The summed E-state index contributed by atoms with van der Waals surface area (Å²) in [5, 5.41) is 8.80. The first kappa shape index (κ1) is 18.6. The molecule has 1 aliphatic rings. The highest BCUT2D eigenvalue weighted by molar-refractivity contribution is 5.58. The van der Waals surface area contributed by atoms with Gasteiger partial charge < -0.3 is 14.0 Å². The number of rotatable bonds is 5. The van der Waals surface area contributed by atoms with Crippen LogP contribution in [-0.4, -0.2) is 26.5 Å². The summed E-state index contributed by atoms with van der Waals surface area (Å²) >= 11 is 0. The Bertz CT molecular complexity index is 1160. The zero-order valence-corrected chi connectivity index (χ0v) is 16.9. The Morgan fingerprint density at radius 2 is 2.00 bits per heavy atom. The van der Waals surface area contributed by atoms with Gasteiger partial charge in [0.15, 0.2) is 5.69 Å². The number of benzene rings is 2. The Morgan fingerprint density at radius 3 is 2.80 bits per heavy atom. The smallest absolute Gasteiger partial charge is 0.278 e. The molecule has 0 fully saturated rings.